The van der Waals surface area contributed by atoms with E-state index in [2.05, 4.69) is 18.9 Å². The standard InChI is InChI=1S/C14H24N2O/c1-10(2)11-4-6-12(7-5-11)14(17)13-8-15-16(3)9-13/h8-12,14,17H,4-7H2,1-3H3. The van der Waals surface area contributed by atoms with Crippen molar-refractivity contribution in [2.24, 2.45) is 24.8 Å². The molecule has 1 saturated carbocycles. The van der Waals surface area contributed by atoms with Crippen LogP contribution < -0.4 is 0 Å². The lowest BCUT2D eigenvalue weighted by molar-refractivity contribution is 0.0667. The summed E-state index contributed by atoms with van der Waals surface area (Å²) in [5, 5.41) is 14.5. The highest BCUT2D eigenvalue weighted by atomic mass is 16.3. The summed E-state index contributed by atoms with van der Waals surface area (Å²) in [5.74, 6) is 2.06. The smallest absolute Gasteiger partial charge is 0.0848 e. The van der Waals surface area contributed by atoms with Gasteiger partial charge in [0.2, 0.25) is 0 Å². The number of aromatic nitrogens is 2. The van der Waals surface area contributed by atoms with Crippen LogP contribution >= 0.6 is 0 Å². The maximum absolute atomic E-state index is 10.3. The molecule has 2 rings (SSSR count). The number of aliphatic hydroxyl groups excluding tert-OH is 1. The quantitative estimate of drug-likeness (QED) is 0.876. The van der Waals surface area contributed by atoms with Crippen LogP contribution in [0.4, 0.5) is 0 Å². The van der Waals surface area contributed by atoms with Gasteiger partial charge in [-0.2, -0.15) is 5.10 Å². The van der Waals surface area contributed by atoms with Gasteiger partial charge < -0.3 is 5.11 Å². The molecule has 1 aromatic rings. The highest BCUT2D eigenvalue weighted by Crippen LogP contribution is 2.39. The fraction of sp³-hybridized carbons (Fsp3) is 0.786. The molecule has 17 heavy (non-hydrogen) atoms. The lowest BCUT2D eigenvalue weighted by Gasteiger charge is -2.33. The van der Waals surface area contributed by atoms with Crippen molar-refractivity contribution in [1.82, 2.24) is 9.78 Å². The molecule has 1 heterocycles. The van der Waals surface area contributed by atoms with Gasteiger partial charge in [-0.1, -0.05) is 13.8 Å². The Hall–Kier alpha value is -0.830. The van der Waals surface area contributed by atoms with Gasteiger partial charge in [-0.05, 0) is 43.4 Å². The molecule has 0 aromatic carbocycles. The fourth-order valence-electron chi connectivity index (χ4n) is 2.99. The summed E-state index contributed by atoms with van der Waals surface area (Å²) in [6.45, 7) is 4.62. The molecule has 0 amide bonds. The topological polar surface area (TPSA) is 38.1 Å². The van der Waals surface area contributed by atoms with E-state index in [9.17, 15) is 5.11 Å². The first-order chi connectivity index (χ1) is 8.08. The molecule has 1 aliphatic carbocycles. The minimum Gasteiger partial charge on any atom is -0.388 e. The van der Waals surface area contributed by atoms with E-state index in [0.717, 1.165) is 30.2 Å². The van der Waals surface area contributed by atoms with E-state index in [1.54, 1.807) is 10.9 Å². The molecule has 1 aliphatic rings. The zero-order valence-electron chi connectivity index (χ0n) is 11.1. The average molecular weight is 236 g/mol. The van der Waals surface area contributed by atoms with E-state index in [-0.39, 0.29) is 6.10 Å². The molecular weight excluding hydrogens is 212 g/mol. The predicted octanol–water partition coefficient (Wildman–Crippen LogP) is 2.92. The summed E-state index contributed by atoms with van der Waals surface area (Å²) in [7, 11) is 1.89. The number of rotatable bonds is 3. The first kappa shape index (κ1) is 12.6. The molecule has 1 atom stereocenters. The maximum Gasteiger partial charge on any atom is 0.0848 e. The number of aryl methyl sites for hydroxylation is 1. The van der Waals surface area contributed by atoms with Gasteiger partial charge in [0.05, 0.1) is 12.3 Å². The van der Waals surface area contributed by atoms with Crippen molar-refractivity contribution in [3.8, 4) is 0 Å². The van der Waals surface area contributed by atoms with Crippen LogP contribution in [-0.4, -0.2) is 14.9 Å². The molecular formula is C14H24N2O. The third-order valence-electron chi connectivity index (χ3n) is 4.27. The summed E-state index contributed by atoms with van der Waals surface area (Å²) in [4.78, 5) is 0. The van der Waals surface area contributed by atoms with Crippen molar-refractivity contribution < 1.29 is 5.11 Å². The van der Waals surface area contributed by atoms with Gasteiger partial charge in [-0.3, -0.25) is 4.68 Å². The summed E-state index contributed by atoms with van der Waals surface area (Å²) in [6.07, 6.45) is 8.23. The molecule has 0 saturated heterocycles. The van der Waals surface area contributed by atoms with Crippen LogP contribution in [0.2, 0.25) is 0 Å². The zero-order chi connectivity index (χ0) is 12.4. The Morgan fingerprint density at radius 2 is 1.82 bits per heavy atom. The van der Waals surface area contributed by atoms with Crippen LogP contribution in [0.1, 0.15) is 51.2 Å². The minimum atomic E-state index is -0.322. The van der Waals surface area contributed by atoms with Crippen LogP contribution in [-0.2, 0) is 7.05 Å². The van der Waals surface area contributed by atoms with Gasteiger partial charge in [-0.25, -0.2) is 0 Å². The van der Waals surface area contributed by atoms with Crippen LogP contribution in [0, 0.1) is 17.8 Å². The summed E-state index contributed by atoms with van der Waals surface area (Å²) in [5.41, 5.74) is 0.973. The SMILES string of the molecule is CC(C)C1CCC(C(O)c2cnn(C)c2)CC1. The van der Waals surface area contributed by atoms with Gasteiger partial charge in [-0.15, -0.1) is 0 Å². The molecule has 1 unspecified atom stereocenters. The fourth-order valence-corrected chi connectivity index (χ4v) is 2.99. The van der Waals surface area contributed by atoms with E-state index < -0.39 is 0 Å². The normalized spacial score (nSPS) is 27.4. The Kier molecular flexibility index (Phi) is 3.87. The highest BCUT2D eigenvalue weighted by Gasteiger charge is 2.28. The molecule has 1 aromatic heterocycles. The Balaban J connectivity index is 1.92. The third-order valence-corrected chi connectivity index (χ3v) is 4.27. The largest absolute Gasteiger partial charge is 0.388 e. The van der Waals surface area contributed by atoms with Crippen molar-refractivity contribution in [3.05, 3.63) is 18.0 Å². The molecule has 0 spiro atoms. The maximum atomic E-state index is 10.3. The Morgan fingerprint density at radius 1 is 1.24 bits per heavy atom. The van der Waals surface area contributed by atoms with E-state index in [1.807, 2.05) is 13.2 Å². The van der Waals surface area contributed by atoms with Crippen LogP contribution in [0.15, 0.2) is 12.4 Å². The van der Waals surface area contributed by atoms with Crippen LogP contribution in [0.25, 0.3) is 0 Å². The van der Waals surface area contributed by atoms with Gasteiger partial charge >= 0.3 is 0 Å². The Bertz CT molecular complexity index is 351. The first-order valence-corrected chi connectivity index (χ1v) is 6.74. The second-order valence-electron chi connectivity index (χ2n) is 5.81. The molecule has 3 nitrogen and oxygen atoms in total. The predicted molar refractivity (Wildman–Crippen MR) is 68.5 cm³/mol. The number of nitrogens with zero attached hydrogens (tertiary/aromatic N) is 2. The number of hydrogen-bond donors (Lipinski definition) is 1. The van der Waals surface area contributed by atoms with Crippen molar-refractivity contribution >= 4 is 0 Å². The Morgan fingerprint density at radius 3 is 2.29 bits per heavy atom. The number of hydrogen-bond acceptors (Lipinski definition) is 2. The molecule has 3 heteroatoms. The van der Waals surface area contributed by atoms with Gasteiger partial charge in [0.25, 0.3) is 0 Å². The second-order valence-corrected chi connectivity index (χ2v) is 5.81. The minimum absolute atomic E-state index is 0.322. The average Bonchev–Trinajstić information content (AvgIpc) is 2.75. The molecule has 96 valence electrons. The molecule has 1 fully saturated rings. The van der Waals surface area contributed by atoms with Gasteiger partial charge in [0.15, 0.2) is 0 Å². The number of aliphatic hydroxyl groups is 1. The van der Waals surface area contributed by atoms with Crippen molar-refractivity contribution in [2.75, 3.05) is 0 Å². The lowest BCUT2D eigenvalue weighted by Crippen LogP contribution is -2.22. The third kappa shape index (κ3) is 2.89. The van der Waals surface area contributed by atoms with Crippen LogP contribution in [0.3, 0.4) is 0 Å². The van der Waals surface area contributed by atoms with E-state index >= 15 is 0 Å². The zero-order valence-corrected chi connectivity index (χ0v) is 11.1. The Labute approximate surface area is 104 Å². The molecule has 1 N–H and O–H groups in total. The van der Waals surface area contributed by atoms with Crippen molar-refractivity contribution in [3.63, 3.8) is 0 Å². The van der Waals surface area contributed by atoms with E-state index in [0.29, 0.717) is 5.92 Å². The monoisotopic (exact) mass is 236 g/mol. The molecule has 0 bridgehead atoms. The first-order valence-electron chi connectivity index (χ1n) is 6.74. The van der Waals surface area contributed by atoms with Gasteiger partial charge in [0, 0.05) is 18.8 Å². The second kappa shape index (κ2) is 5.21. The summed E-state index contributed by atoms with van der Waals surface area (Å²) < 4.78 is 1.76. The molecule has 0 aliphatic heterocycles. The van der Waals surface area contributed by atoms with Crippen molar-refractivity contribution in [1.29, 1.82) is 0 Å². The van der Waals surface area contributed by atoms with Gasteiger partial charge in [0.1, 0.15) is 0 Å². The van der Waals surface area contributed by atoms with Crippen molar-refractivity contribution in [2.45, 2.75) is 45.6 Å². The summed E-state index contributed by atoms with van der Waals surface area (Å²) >= 11 is 0. The van der Waals surface area contributed by atoms with E-state index in [4.69, 9.17) is 0 Å². The molecule has 0 radical (unpaired) electrons. The highest BCUT2D eigenvalue weighted by molar-refractivity contribution is 5.09. The van der Waals surface area contributed by atoms with E-state index in [1.165, 1.54) is 12.8 Å². The lowest BCUT2D eigenvalue weighted by atomic mass is 9.74. The van der Waals surface area contributed by atoms with Crippen LogP contribution in [0.5, 0.6) is 0 Å². The summed E-state index contributed by atoms with van der Waals surface area (Å²) in [6, 6.07) is 0.